The summed E-state index contributed by atoms with van der Waals surface area (Å²) in [4.78, 5) is 21.9. The predicted molar refractivity (Wildman–Crippen MR) is 104 cm³/mol. The Balaban J connectivity index is 1.44. The van der Waals surface area contributed by atoms with E-state index in [4.69, 9.17) is 0 Å². The first-order chi connectivity index (χ1) is 12.7. The molecule has 0 unspecified atom stereocenters. The molecule has 2 N–H and O–H groups in total. The second kappa shape index (κ2) is 5.77. The Hall–Kier alpha value is -3.01. The van der Waals surface area contributed by atoms with Crippen LogP contribution in [0.25, 0.3) is 21.8 Å². The lowest BCUT2D eigenvalue weighted by Crippen LogP contribution is -2.36. The van der Waals surface area contributed by atoms with Crippen LogP contribution in [0.4, 0.5) is 0 Å². The van der Waals surface area contributed by atoms with Crippen molar-refractivity contribution < 1.29 is 4.79 Å². The second-order valence-corrected chi connectivity index (χ2v) is 7.14. The largest absolute Gasteiger partial charge is 0.358 e. The molecule has 0 spiro atoms. The second-order valence-electron chi connectivity index (χ2n) is 7.14. The molecule has 5 rings (SSSR count). The van der Waals surface area contributed by atoms with Crippen LogP contribution < -0.4 is 0 Å². The molecule has 0 bridgehead atoms. The smallest absolute Gasteiger partial charge is 0.227 e. The van der Waals surface area contributed by atoms with Crippen LogP contribution in [-0.4, -0.2) is 27.3 Å². The summed E-state index contributed by atoms with van der Waals surface area (Å²) in [6.45, 7) is 3.52. The Morgan fingerprint density at radius 1 is 1.00 bits per heavy atom. The molecule has 26 heavy (non-hydrogen) atoms. The van der Waals surface area contributed by atoms with E-state index in [1.165, 1.54) is 22.2 Å². The maximum absolute atomic E-state index is 13.0. The molecule has 2 aromatic heterocycles. The fraction of sp³-hybridized carbons (Fsp3) is 0.227. The van der Waals surface area contributed by atoms with Gasteiger partial charge in [0, 0.05) is 58.3 Å². The number of hydrogen-bond acceptors (Lipinski definition) is 1. The van der Waals surface area contributed by atoms with Gasteiger partial charge in [0.05, 0.1) is 6.42 Å². The maximum Gasteiger partial charge on any atom is 0.227 e. The predicted octanol–water partition coefficient (Wildman–Crippen LogP) is 4.09. The molecule has 0 fully saturated rings. The molecule has 0 saturated heterocycles. The monoisotopic (exact) mass is 343 g/mol. The molecule has 1 aliphatic heterocycles. The molecule has 4 heteroatoms. The highest BCUT2D eigenvalue weighted by molar-refractivity contribution is 5.91. The Kier molecular flexibility index (Phi) is 3.38. The molecule has 4 aromatic rings. The number of aromatic amines is 2. The number of aromatic nitrogens is 2. The minimum atomic E-state index is 0.203. The quantitative estimate of drug-likeness (QED) is 0.566. The van der Waals surface area contributed by atoms with E-state index < -0.39 is 0 Å². The van der Waals surface area contributed by atoms with Crippen LogP contribution >= 0.6 is 0 Å². The highest BCUT2D eigenvalue weighted by Crippen LogP contribution is 2.29. The van der Waals surface area contributed by atoms with Gasteiger partial charge in [-0.15, -0.1) is 0 Å². The first-order valence-corrected chi connectivity index (χ1v) is 9.13. The van der Waals surface area contributed by atoms with Gasteiger partial charge in [-0.3, -0.25) is 4.79 Å². The minimum Gasteiger partial charge on any atom is -0.358 e. The van der Waals surface area contributed by atoms with Crippen LogP contribution in [0.3, 0.4) is 0 Å². The van der Waals surface area contributed by atoms with Crippen LogP contribution in [0.5, 0.6) is 0 Å². The topological polar surface area (TPSA) is 51.9 Å². The van der Waals surface area contributed by atoms with Gasteiger partial charge in [0.1, 0.15) is 0 Å². The Morgan fingerprint density at radius 3 is 2.50 bits per heavy atom. The third kappa shape index (κ3) is 2.33. The van der Waals surface area contributed by atoms with Crippen molar-refractivity contribution >= 4 is 27.7 Å². The Bertz CT molecular complexity index is 1130. The zero-order valence-corrected chi connectivity index (χ0v) is 14.8. The van der Waals surface area contributed by atoms with Gasteiger partial charge in [-0.1, -0.05) is 36.4 Å². The molecule has 0 atom stereocenters. The summed E-state index contributed by atoms with van der Waals surface area (Å²) in [5, 5.41) is 2.39. The first-order valence-electron chi connectivity index (χ1n) is 9.13. The van der Waals surface area contributed by atoms with Gasteiger partial charge >= 0.3 is 0 Å². The van der Waals surface area contributed by atoms with E-state index in [2.05, 4.69) is 47.2 Å². The standard InChI is InChI=1S/C22H21N3O/c1-14-17(15-6-2-4-8-19(15)23-14)12-22(26)25-11-10-21-18(13-25)16-7-3-5-9-20(16)24-21/h2-9,23-24H,10-13H2,1H3. The van der Waals surface area contributed by atoms with Crippen molar-refractivity contribution in [3.05, 3.63) is 71.0 Å². The van der Waals surface area contributed by atoms with Crippen molar-refractivity contribution in [3.63, 3.8) is 0 Å². The number of aryl methyl sites for hydroxylation is 1. The zero-order valence-electron chi connectivity index (χ0n) is 14.8. The molecule has 0 aliphatic carbocycles. The SMILES string of the molecule is Cc1[nH]c2ccccc2c1CC(=O)N1CCc2[nH]c3ccccc3c2C1. The molecule has 1 amide bonds. The average Bonchev–Trinajstić information content (AvgIpc) is 3.19. The number of carbonyl (C=O) groups is 1. The summed E-state index contributed by atoms with van der Waals surface area (Å²) in [5.74, 6) is 0.203. The molecule has 3 heterocycles. The third-order valence-electron chi connectivity index (χ3n) is 5.59. The van der Waals surface area contributed by atoms with Gasteiger partial charge in [0.15, 0.2) is 0 Å². The molecule has 0 saturated carbocycles. The van der Waals surface area contributed by atoms with E-state index >= 15 is 0 Å². The van der Waals surface area contributed by atoms with Gasteiger partial charge in [-0.05, 0) is 24.6 Å². The number of hydrogen-bond donors (Lipinski definition) is 2. The fourth-order valence-electron chi connectivity index (χ4n) is 4.20. The molecule has 130 valence electrons. The normalized spacial score (nSPS) is 14.1. The van der Waals surface area contributed by atoms with Crippen molar-refractivity contribution in [3.8, 4) is 0 Å². The minimum absolute atomic E-state index is 0.203. The number of nitrogens with one attached hydrogen (secondary N) is 2. The number of benzene rings is 2. The number of carbonyl (C=O) groups excluding carboxylic acids is 1. The maximum atomic E-state index is 13.0. The van der Waals surface area contributed by atoms with Crippen molar-refractivity contribution in [1.82, 2.24) is 14.9 Å². The first kappa shape index (κ1) is 15.3. The highest BCUT2D eigenvalue weighted by atomic mass is 16.2. The van der Waals surface area contributed by atoms with Crippen LogP contribution in [0, 0.1) is 6.92 Å². The van der Waals surface area contributed by atoms with Crippen molar-refractivity contribution in [2.75, 3.05) is 6.54 Å². The number of nitrogens with zero attached hydrogens (tertiary/aromatic N) is 1. The van der Waals surface area contributed by atoms with E-state index in [0.29, 0.717) is 13.0 Å². The van der Waals surface area contributed by atoms with Crippen LogP contribution in [0.1, 0.15) is 22.5 Å². The lowest BCUT2D eigenvalue weighted by atomic mass is 10.0. The van der Waals surface area contributed by atoms with Gasteiger partial charge < -0.3 is 14.9 Å². The van der Waals surface area contributed by atoms with Gasteiger partial charge in [-0.25, -0.2) is 0 Å². The zero-order chi connectivity index (χ0) is 17.7. The Morgan fingerprint density at radius 2 is 1.69 bits per heavy atom. The highest BCUT2D eigenvalue weighted by Gasteiger charge is 2.25. The van der Waals surface area contributed by atoms with Gasteiger partial charge in [0.2, 0.25) is 5.91 Å². The number of rotatable bonds is 2. The number of H-pyrrole nitrogens is 2. The number of fused-ring (bicyclic) bond motifs is 4. The lowest BCUT2D eigenvalue weighted by molar-refractivity contribution is -0.131. The van der Waals surface area contributed by atoms with Crippen LogP contribution in [-0.2, 0) is 24.2 Å². The fourth-order valence-corrected chi connectivity index (χ4v) is 4.20. The van der Waals surface area contributed by atoms with Crippen molar-refractivity contribution in [1.29, 1.82) is 0 Å². The number of amides is 1. The van der Waals surface area contributed by atoms with Gasteiger partial charge in [0.25, 0.3) is 0 Å². The summed E-state index contributed by atoms with van der Waals surface area (Å²) in [6, 6.07) is 16.6. The molecule has 4 nitrogen and oxygen atoms in total. The van der Waals surface area contributed by atoms with E-state index in [-0.39, 0.29) is 5.91 Å². The summed E-state index contributed by atoms with van der Waals surface area (Å²) in [7, 11) is 0. The van der Waals surface area contributed by atoms with Gasteiger partial charge in [-0.2, -0.15) is 0 Å². The van der Waals surface area contributed by atoms with Crippen LogP contribution in [0.15, 0.2) is 48.5 Å². The summed E-state index contributed by atoms with van der Waals surface area (Å²) in [6.07, 6.45) is 1.34. The van der Waals surface area contributed by atoms with Crippen molar-refractivity contribution in [2.45, 2.75) is 26.3 Å². The summed E-state index contributed by atoms with van der Waals surface area (Å²) < 4.78 is 0. The van der Waals surface area contributed by atoms with Crippen molar-refractivity contribution in [2.24, 2.45) is 0 Å². The molecule has 1 aliphatic rings. The van der Waals surface area contributed by atoms with Crippen LogP contribution in [0.2, 0.25) is 0 Å². The molecule has 2 aromatic carbocycles. The summed E-state index contributed by atoms with van der Waals surface area (Å²) >= 11 is 0. The van der Waals surface area contributed by atoms with E-state index in [0.717, 1.165) is 35.1 Å². The lowest BCUT2D eigenvalue weighted by Gasteiger charge is -2.27. The van der Waals surface area contributed by atoms with E-state index in [1.807, 2.05) is 23.1 Å². The summed E-state index contributed by atoms with van der Waals surface area (Å²) in [5.41, 5.74) is 7.03. The Labute approximate surface area is 151 Å². The molecular formula is C22H21N3O. The number of para-hydroxylation sites is 2. The van der Waals surface area contributed by atoms with E-state index in [1.54, 1.807) is 0 Å². The molecular weight excluding hydrogens is 322 g/mol. The molecule has 0 radical (unpaired) electrons. The third-order valence-corrected chi connectivity index (χ3v) is 5.59. The average molecular weight is 343 g/mol. The van der Waals surface area contributed by atoms with E-state index in [9.17, 15) is 4.79 Å².